The van der Waals surface area contributed by atoms with Gasteiger partial charge in [0.05, 0.1) is 31.1 Å². The minimum absolute atomic E-state index is 0.0500. The highest BCUT2D eigenvalue weighted by molar-refractivity contribution is 6.64. The number of anilines is 1. The van der Waals surface area contributed by atoms with Gasteiger partial charge in [-0.1, -0.05) is 0 Å². The Morgan fingerprint density at radius 2 is 2.35 bits per heavy atom. The van der Waals surface area contributed by atoms with Gasteiger partial charge in [0.25, 0.3) is 0 Å². The van der Waals surface area contributed by atoms with Gasteiger partial charge in [-0.3, -0.25) is 9.78 Å². The van der Waals surface area contributed by atoms with Gasteiger partial charge in [0.15, 0.2) is 0 Å². The molecule has 0 radical (unpaired) electrons. The van der Waals surface area contributed by atoms with E-state index in [1.54, 1.807) is 31.6 Å². The van der Waals surface area contributed by atoms with E-state index in [0.717, 1.165) is 0 Å². The number of hydrogen-bond donors (Lipinski definition) is 1. The van der Waals surface area contributed by atoms with E-state index >= 15 is 0 Å². The summed E-state index contributed by atoms with van der Waals surface area (Å²) in [6.07, 6.45) is 3.22. The third-order valence-electron chi connectivity index (χ3n) is 2.21. The zero-order valence-electron chi connectivity index (χ0n) is 9.11. The van der Waals surface area contributed by atoms with E-state index < -0.39 is 5.24 Å². The highest BCUT2D eigenvalue weighted by atomic mass is 35.5. The van der Waals surface area contributed by atoms with E-state index in [1.807, 2.05) is 0 Å². The van der Waals surface area contributed by atoms with Crippen molar-refractivity contribution >= 4 is 33.6 Å². The zero-order valence-corrected chi connectivity index (χ0v) is 9.86. The average molecular weight is 252 g/mol. The number of ether oxygens (including phenoxy) is 1. The standard InChI is InChI=1S/C11H10ClN3O2/c1-17-7-4-9-11(15-5-7)8(2-3-13-9)14-6-10(12)16/h2-5H,6H2,1H3,(H,13,14). The second-order valence-electron chi connectivity index (χ2n) is 3.31. The fourth-order valence-corrected chi connectivity index (χ4v) is 1.50. The number of nitrogens with one attached hydrogen (secondary N) is 1. The van der Waals surface area contributed by atoms with E-state index in [0.29, 0.717) is 22.5 Å². The summed E-state index contributed by atoms with van der Waals surface area (Å²) >= 11 is 5.27. The number of rotatable bonds is 4. The Kier molecular flexibility index (Phi) is 3.39. The van der Waals surface area contributed by atoms with Gasteiger partial charge >= 0.3 is 0 Å². The van der Waals surface area contributed by atoms with Crippen LogP contribution < -0.4 is 10.1 Å². The predicted octanol–water partition coefficient (Wildman–Crippen LogP) is 1.82. The van der Waals surface area contributed by atoms with E-state index in [-0.39, 0.29) is 6.54 Å². The molecule has 0 fully saturated rings. The number of nitrogens with zero attached hydrogens (tertiary/aromatic N) is 2. The van der Waals surface area contributed by atoms with Crippen molar-refractivity contribution in [2.75, 3.05) is 19.0 Å². The van der Waals surface area contributed by atoms with Gasteiger partial charge in [0.2, 0.25) is 5.24 Å². The van der Waals surface area contributed by atoms with Gasteiger partial charge in [-0.05, 0) is 17.7 Å². The van der Waals surface area contributed by atoms with Crippen molar-refractivity contribution in [3.8, 4) is 5.75 Å². The molecule has 0 spiro atoms. The molecule has 0 unspecified atom stereocenters. The van der Waals surface area contributed by atoms with Crippen LogP contribution in [-0.4, -0.2) is 28.9 Å². The Bertz CT molecular complexity index is 559. The van der Waals surface area contributed by atoms with Gasteiger partial charge in [0.1, 0.15) is 11.3 Å². The fourth-order valence-electron chi connectivity index (χ4n) is 1.43. The Hall–Kier alpha value is -1.88. The minimum atomic E-state index is -0.455. The van der Waals surface area contributed by atoms with Crippen molar-refractivity contribution in [1.29, 1.82) is 0 Å². The summed E-state index contributed by atoms with van der Waals surface area (Å²) in [4.78, 5) is 19.1. The first-order chi connectivity index (χ1) is 8.20. The molecule has 0 amide bonds. The molecule has 6 heteroatoms. The Labute approximate surface area is 103 Å². The van der Waals surface area contributed by atoms with Crippen molar-refractivity contribution in [2.24, 2.45) is 0 Å². The van der Waals surface area contributed by atoms with Crippen molar-refractivity contribution in [3.05, 3.63) is 24.5 Å². The zero-order chi connectivity index (χ0) is 12.3. The van der Waals surface area contributed by atoms with Crippen LogP contribution >= 0.6 is 11.6 Å². The monoisotopic (exact) mass is 251 g/mol. The van der Waals surface area contributed by atoms with E-state index in [4.69, 9.17) is 16.3 Å². The van der Waals surface area contributed by atoms with Crippen molar-refractivity contribution < 1.29 is 9.53 Å². The molecule has 2 aromatic heterocycles. The summed E-state index contributed by atoms with van der Waals surface area (Å²) in [5.74, 6) is 0.635. The molecule has 17 heavy (non-hydrogen) atoms. The molecule has 2 rings (SSSR count). The number of carbonyl (C=O) groups is 1. The molecule has 5 nitrogen and oxygen atoms in total. The molecule has 0 atom stereocenters. The molecule has 0 aliphatic carbocycles. The second-order valence-corrected chi connectivity index (χ2v) is 3.73. The molecule has 1 N–H and O–H groups in total. The lowest BCUT2D eigenvalue weighted by atomic mass is 10.2. The first kappa shape index (κ1) is 11.6. The van der Waals surface area contributed by atoms with Crippen LogP contribution in [0.1, 0.15) is 0 Å². The fraction of sp³-hybridized carbons (Fsp3) is 0.182. The normalized spacial score (nSPS) is 10.2. The predicted molar refractivity (Wildman–Crippen MR) is 65.4 cm³/mol. The number of hydrogen-bond acceptors (Lipinski definition) is 5. The molecule has 88 valence electrons. The van der Waals surface area contributed by atoms with Gasteiger partial charge in [0, 0.05) is 12.3 Å². The lowest BCUT2D eigenvalue weighted by Crippen LogP contribution is -2.08. The summed E-state index contributed by atoms with van der Waals surface area (Å²) in [7, 11) is 1.57. The lowest BCUT2D eigenvalue weighted by Gasteiger charge is -2.07. The second kappa shape index (κ2) is 4.97. The SMILES string of the molecule is COc1cnc2c(NCC(=O)Cl)ccnc2c1. The molecule has 0 aliphatic rings. The Balaban J connectivity index is 2.39. The molecule has 2 aromatic rings. The maximum Gasteiger partial charge on any atom is 0.240 e. The van der Waals surface area contributed by atoms with Gasteiger partial charge in [-0.25, -0.2) is 4.98 Å². The number of halogens is 1. The maximum atomic E-state index is 10.7. The Morgan fingerprint density at radius 3 is 3.06 bits per heavy atom. The highest BCUT2D eigenvalue weighted by Gasteiger charge is 2.05. The number of fused-ring (bicyclic) bond motifs is 1. The maximum absolute atomic E-state index is 10.7. The van der Waals surface area contributed by atoms with Crippen LogP contribution in [0.15, 0.2) is 24.5 Å². The highest BCUT2D eigenvalue weighted by Crippen LogP contribution is 2.22. The average Bonchev–Trinajstić information content (AvgIpc) is 2.35. The summed E-state index contributed by atoms with van der Waals surface area (Å²) in [6.45, 7) is 0.0500. The molecular formula is C11H10ClN3O2. The summed E-state index contributed by atoms with van der Waals surface area (Å²) < 4.78 is 5.06. The van der Waals surface area contributed by atoms with Crippen LogP contribution in [0.2, 0.25) is 0 Å². The molecule has 0 bridgehead atoms. The minimum Gasteiger partial charge on any atom is -0.495 e. The van der Waals surface area contributed by atoms with Crippen LogP contribution in [-0.2, 0) is 4.79 Å². The third-order valence-corrected chi connectivity index (χ3v) is 2.34. The van der Waals surface area contributed by atoms with E-state index in [2.05, 4.69) is 15.3 Å². The summed E-state index contributed by atoms with van der Waals surface area (Å²) in [5.41, 5.74) is 2.08. The quantitative estimate of drug-likeness (QED) is 0.840. The van der Waals surface area contributed by atoms with Crippen LogP contribution in [0.4, 0.5) is 5.69 Å². The molecule has 0 aliphatic heterocycles. The number of pyridine rings is 2. The molecule has 0 saturated carbocycles. The summed E-state index contributed by atoms with van der Waals surface area (Å²) in [5, 5.41) is 2.44. The van der Waals surface area contributed by atoms with Crippen LogP contribution in [0.5, 0.6) is 5.75 Å². The van der Waals surface area contributed by atoms with Crippen molar-refractivity contribution in [2.45, 2.75) is 0 Å². The van der Waals surface area contributed by atoms with Crippen LogP contribution in [0.25, 0.3) is 11.0 Å². The van der Waals surface area contributed by atoms with Gasteiger partial charge in [-0.15, -0.1) is 0 Å². The molecule has 0 saturated heterocycles. The lowest BCUT2D eigenvalue weighted by molar-refractivity contribution is -0.110. The van der Waals surface area contributed by atoms with Crippen LogP contribution in [0.3, 0.4) is 0 Å². The Morgan fingerprint density at radius 1 is 1.53 bits per heavy atom. The smallest absolute Gasteiger partial charge is 0.240 e. The van der Waals surface area contributed by atoms with Gasteiger partial charge in [-0.2, -0.15) is 0 Å². The number of aromatic nitrogens is 2. The number of methoxy groups -OCH3 is 1. The molecule has 2 heterocycles. The largest absolute Gasteiger partial charge is 0.495 e. The van der Waals surface area contributed by atoms with E-state index in [9.17, 15) is 4.79 Å². The first-order valence-corrected chi connectivity index (χ1v) is 5.29. The molecular weight excluding hydrogens is 242 g/mol. The van der Waals surface area contributed by atoms with Gasteiger partial charge < -0.3 is 10.1 Å². The first-order valence-electron chi connectivity index (χ1n) is 4.91. The topological polar surface area (TPSA) is 64.1 Å². The van der Waals surface area contributed by atoms with Crippen molar-refractivity contribution in [3.63, 3.8) is 0 Å². The third kappa shape index (κ3) is 2.62. The molecule has 0 aromatic carbocycles. The summed E-state index contributed by atoms with van der Waals surface area (Å²) in [6, 6.07) is 3.51. The van der Waals surface area contributed by atoms with Crippen molar-refractivity contribution in [1.82, 2.24) is 9.97 Å². The van der Waals surface area contributed by atoms with Crippen LogP contribution in [0, 0.1) is 0 Å². The number of carbonyl (C=O) groups excluding carboxylic acids is 1. The van der Waals surface area contributed by atoms with E-state index in [1.165, 1.54) is 0 Å².